The molecule has 1 fully saturated rings. The van der Waals surface area contributed by atoms with Gasteiger partial charge in [0.05, 0.1) is 0 Å². The van der Waals surface area contributed by atoms with Crippen LogP contribution in [0, 0.1) is 0 Å². The third kappa shape index (κ3) is 3.98. The van der Waals surface area contributed by atoms with Gasteiger partial charge in [-0.1, -0.05) is 48.9 Å². The summed E-state index contributed by atoms with van der Waals surface area (Å²) in [6.45, 7) is 8.89. The molecular weight excluding hydrogens is 348 g/mol. The minimum absolute atomic E-state index is 0.285. The lowest BCUT2D eigenvalue weighted by Gasteiger charge is -2.36. The Bertz CT molecular complexity index is 745. The molecule has 1 atom stereocenters. The number of nitrogens with zero attached hydrogens (tertiary/aromatic N) is 2. The van der Waals surface area contributed by atoms with Crippen molar-refractivity contribution in [3.05, 3.63) is 58.6 Å². The number of piperazine rings is 1. The van der Waals surface area contributed by atoms with E-state index in [2.05, 4.69) is 47.1 Å². The van der Waals surface area contributed by atoms with Crippen molar-refractivity contribution >= 4 is 11.6 Å². The van der Waals surface area contributed by atoms with Crippen LogP contribution < -0.4 is 9.47 Å². The predicted octanol–water partition coefficient (Wildman–Crippen LogP) is 3.99. The lowest BCUT2D eigenvalue weighted by Crippen LogP contribution is -2.46. The summed E-state index contributed by atoms with van der Waals surface area (Å²) >= 11 is 6.42. The number of ether oxygens (including phenoxy) is 2. The molecule has 2 heterocycles. The summed E-state index contributed by atoms with van der Waals surface area (Å²) in [4.78, 5) is 5.03. The van der Waals surface area contributed by atoms with Gasteiger partial charge >= 0.3 is 0 Å². The molecule has 0 radical (unpaired) electrons. The van der Waals surface area contributed by atoms with Gasteiger partial charge in [0.15, 0.2) is 11.5 Å². The molecule has 2 aromatic rings. The fraction of sp³-hybridized carbons (Fsp3) is 0.429. The first-order valence-corrected chi connectivity index (χ1v) is 9.64. The summed E-state index contributed by atoms with van der Waals surface area (Å²) in [5.74, 6) is 2.12. The SMILES string of the molecule is CC(CN1CCN(Cc2cc3c(cc2Cl)OCO3)CC1)c1ccccc1. The molecule has 26 heavy (non-hydrogen) atoms. The van der Waals surface area contributed by atoms with E-state index in [0.29, 0.717) is 5.92 Å². The van der Waals surface area contributed by atoms with E-state index in [4.69, 9.17) is 21.1 Å². The second-order valence-electron chi connectivity index (χ2n) is 7.19. The molecule has 2 aromatic carbocycles. The van der Waals surface area contributed by atoms with Crippen molar-refractivity contribution in [2.75, 3.05) is 39.5 Å². The molecule has 1 saturated heterocycles. The van der Waals surface area contributed by atoms with Crippen molar-refractivity contribution in [3.63, 3.8) is 0 Å². The van der Waals surface area contributed by atoms with E-state index in [-0.39, 0.29) is 6.79 Å². The number of hydrogen-bond donors (Lipinski definition) is 0. The van der Waals surface area contributed by atoms with Gasteiger partial charge in [0.25, 0.3) is 0 Å². The van der Waals surface area contributed by atoms with Crippen molar-refractivity contribution < 1.29 is 9.47 Å². The maximum absolute atomic E-state index is 6.42. The van der Waals surface area contributed by atoms with Crippen LogP contribution in [0.2, 0.25) is 5.02 Å². The largest absolute Gasteiger partial charge is 0.454 e. The average Bonchev–Trinajstić information content (AvgIpc) is 3.11. The summed E-state index contributed by atoms with van der Waals surface area (Å²) in [6, 6.07) is 14.7. The molecule has 4 nitrogen and oxygen atoms in total. The predicted molar refractivity (Wildman–Crippen MR) is 104 cm³/mol. The molecule has 0 N–H and O–H groups in total. The molecule has 0 amide bonds. The van der Waals surface area contributed by atoms with Gasteiger partial charge in [-0.05, 0) is 23.1 Å². The summed E-state index contributed by atoms with van der Waals surface area (Å²) in [5, 5.41) is 0.759. The molecular formula is C21H25ClN2O2. The van der Waals surface area contributed by atoms with Crippen LogP contribution in [0.1, 0.15) is 24.0 Å². The Balaban J connectivity index is 1.30. The number of benzene rings is 2. The smallest absolute Gasteiger partial charge is 0.231 e. The zero-order valence-corrected chi connectivity index (χ0v) is 15.9. The highest BCUT2D eigenvalue weighted by atomic mass is 35.5. The molecule has 138 valence electrons. The van der Waals surface area contributed by atoms with Crippen molar-refractivity contribution in [3.8, 4) is 11.5 Å². The van der Waals surface area contributed by atoms with Gasteiger partial charge in [0.2, 0.25) is 6.79 Å². The Morgan fingerprint density at radius 3 is 2.35 bits per heavy atom. The first-order chi connectivity index (χ1) is 12.7. The molecule has 0 bridgehead atoms. The topological polar surface area (TPSA) is 24.9 Å². The molecule has 5 heteroatoms. The fourth-order valence-corrected chi connectivity index (χ4v) is 3.94. The van der Waals surface area contributed by atoms with Gasteiger partial charge in [-0.2, -0.15) is 0 Å². The Hall–Kier alpha value is -1.75. The Kier molecular flexibility index (Phi) is 5.34. The number of fused-ring (bicyclic) bond motifs is 1. The van der Waals surface area contributed by atoms with Gasteiger partial charge in [-0.3, -0.25) is 4.90 Å². The molecule has 2 aliphatic rings. The maximum Gasteiger partial charge on any atom is 0.231 e. The van der Waals surface area contributed by atoms with E-state index in [1.54, 1.807) is 0 Å². The zero-order valence-electron chi connectivity index (χ0n) is 15.2. The number of rotatable bonds is 5. The highest BCUT2D eigenvalue weighted by molar-refractivity contribution is 6.31. The average molecular weight is 373 g/mol. The van der Waals surface area contributed by atoms with Crippen LogP contribution in [0.25, 0.3) is 0 Å². The summed E-state index contributed by atoms with van der Waals surface area (Å²) in [7, 11) is 0. The van der Waals surface area contributed by atoms with Crippen molar-refractivity contribution in [2.45, 2.75) is 19.4 Å². The summed E-state index contributed by atoms with van der Waals surface area (Å²) in [5.41, 5.74) is 2.53. The molecule has 0 spiro atoms. The van der Waals surface area contributed by atoms with E-state index in [1.807, 2.05) is 12.1 Å². The van der Waals surface area contributed by atoms with E-state index in [1.165, 1.54) is 5.56 Å². The van der Waals surface area contributed by atoms with Gasteiger partial charge in [-0.15, -0.1) is 0 Å². The standard InChI is InChI=1S/C21H25ClN2O2/c1-16(17-5-3-2-4-6-17)13-23-7-9-24(10-8-23)14-18-11-20-21(12-19(18)22)26-15-25-20/h2-6,11-12,16H,7-10,13-15H2,1H3. The lowest BCUT2D eigenvalue weighted by atomic mass is 10.0. The third-order valence-electron chi connectivity index (χ3n) is 5.30. The molecule has 0 saturated carbocycles. The second-order valence-corrected chi connectivity index (χ2v) is 7.59. The molecule has 4 rings (SSSR count). The van der Waals surface area contributed by atoms with Crippen molar-refractivity contribution in [1.82, 2.24) is 9.80 Å². The maximum atomic E-state index is 6.42. The van der Waals surface area contributed by atoms with E-state index in [0.717, 1.165) is 61.4 Å². The molecule has 2 aliphatic heterocycles. The zero-order chi connectivity index (χ0) is 17.9. The van der Waals surface area contributed by atoms with Gasteiger partial charge in [-0.25, -0.2) is 0 Å². The molecule has 0 aliphatic carbocycles. The normalized spacial score (nSPS) is 18.8. The van der Waals surface area contributed by atoms with Gasteiger partial charge in [0.1, 0.15) is 0 Å². The van der Waals surface area contributed by atoms with Crippen LogP contribution in [0.15, 0.2) is 42.5 Å². The Morgan fingerprint density at radius 2 is 1.62 bits per heavy atom. The highest BCUT2D eigenvalue weighted by Crippen LogP contribution is 2.37. The van der Waals surface area contributed by atoms with E-state index < -0.39 is 0 Å². The highest BCUT2D eigenvalue weighted by Gasteiger charge is 2.22. The van der Waals surface area contributed by atoms with E-state index >= 15 is 0 Å². The van der Waals surface area contributed by atoms with Gasteiger partial charge in [0, 0.05) is 50.4 Å². The van der Waals surface area contributed by atoms with Crippen LogP contribution >= 0.6 is 11.6 Å². The second kappa shape index (κ2) is 7.87. The van der Waals surface area contributed by atoms with Crippen LogP contribution in [-0.2, 0) is 6.54 Å². The van der Waals surface area contributed by atoms with Crippen LogP contribution in [0.3, 0.4) is 0 Å². The van der Waals surface area contributed by atoms with E-state index in [9.17, 15) is 0 Å². The monoisotopic (exact) mass is 372 g/mol. The molecule has 0 aromatic heterocycles. The van der Waals surface area contributed by atoms with Crippen molar-refractivity contribution in [2.24, 2.45) is 0 Å². The minimum Gasteiger partial charge on any atom is -0.454 e. The van der Waals surface area contributed by atoms with Crippen LogP contribution in [-0.4, -0.2) is 49.3 Å². The quantitative estimate of drug-likeness (QED) is 0.792. The van der Waals surface area contributed by atoms with Gasteiger partial charge < -0.3 is 14.4 Å². The minimum atomic E-state index is 0.285. The van der Waals surface area contributed by atoms with Crippen LogP contribution in [0.4, 0.5) is 0 Å². The number of halogens is 1. The third-order valence-corrected chi connectivity index (χ3v) is 5.65. The fourth-order valence-electron chi connectivity index (χ4n) is 3.73. The van der Waals surface area contributed by atoms with Crippen molar-refractivity contribution in [1.29, 1.82) is 0 Å². The summed E-state index contributed by atoms with van der Waals surface area (Å²) in [6.07, 6.45) is 0. The number of hydrogen-bond acceptors (Lipinski definition) is 4. The Morgan fingerprint density at radius 1 is 0.962 bits per heavy atom. The molecule has 1 unspecified atom stereocenters. The lowest BCUT2D eigenvalue weighted by molar-refractivity contribution is 0.123. The first-order valence-electron chi connectivity index (χ1n) is 9.27. The summed E-state index contributed by atoms with van der Waals surface area (Å²) < 4.78 is 10.9. The van der Waals surface area contributed by atoms with Crippen LogP contribution in [0.5, 0.6) is 11.5 Å². The Labute approximate surface area is 160 Å². The first kappa shape index (κ1) is 17.7.